The summed E-state index contributed by atoms with van der Waals surface area (Å²) in [6.45, 7) is 9.61. The Hall–Kier alpha value is -2.64. The first kappa shape index (κ1) is 24.0. The van der Waals surface area contributed by atoms with E-state index < -0.39 is 8.07 Å². The highest BCUT2D eigenvalue weighted by Gasteiger charge is 2.33. The molecule has 0 bridgehead atoms. The molecule has 0 fully saturated rings. The highest BCUT2D eigenvalue weighted by Crippen LogP contribution is 2.40. The highest BCUT2D eigenvalue weighted by molar-refractivity contribution is 7.05. The minimum Gasteiger partial charge on any atom is -0.0879 e. The molecule has 1 heteroatoms. The minimum atomic E-state index is -1.99. The standard InChI is InChI=1S/C31H38Si/c1-5-7-11-19-26(18-6-2)30(27-20-12-8-13-21-27)31(28-22-14-9-15-23-28)32(3,4)29-24-16-10-17-25-29/h8-17,19-26H,5-7,18H2,1-4H3/b19-11+,31-30+. The second-order valence-electron chi connectivity index (χ2n) is 9.12. The van der Waals surface area contributed by atoms with Gasteiger partial charge in [0.2, 0.25) is 0 Å². The van der Waals surface area contributed by atoms with Gasteiger partial charge in [0, 0.05) is 5.92 Å². The first-order chi connectivity index (χ1) is 15.6. The Morgan fingerprint density at radius 3 is 1.78 bits per heavy atom. The van der Waals surface area contributed by atoms with Gasteiger partial charge in [0.1, 0.15) is 8.07 Å². The summed E-state index contributed by atoms with van der Waals surface area (Å²) < 4.78 is 0. The van der Waals surface area contributed by atoms with Crippen LogP contribution in [0.3, 0.4) is 0 Å². The SMILES string of the molecule is CCC/C=C/C(CCC)/C(=C(/c1ccccc1)[Si](C)(C)c1ccccc1)c1ccccc1. The van der Waals surface area contributed by atoms with Crippen LogP contribution in [0.4, 0.5) is 0 Å². The molecule has 0 aromatic heterocycles. The lowest BCUT2D eigenvalue weighted by atomic mass is 9.86. The van der Waals surface area contributed by atoms with Gasteiger partial charge >= 0.3 is 0 Å². The fraction of sp³-hybridized carbons (Fsp3) is 0.290. The Balaban J connectivity index is 2.36. The minimum absolute atomic E-state index is 0.416. The molecule has 3 rings (SSSR count). The van der Waals surface area contributed by atoms with Crippen molar-refractivity contribution in [2.24, 2.45) is 5.92 Å². The summed E-state index contributed by atoms with van der Waals surface area (Å²) in [6.07, 6.45) is 9.57. The quantitative estimate of drug-likeness (QED) is 0.169. The zero-order chi connectivity index (χ0) is 22.8. The summed E-state index contributed by atoms with van der Waals surface area (Å²) in [5.74, 6) is 0.416. The van der Waals surface area contributed by atoms with E-state index in [1.807, 2.05) is 0 Å². The van der Waals surface area contributed by atoms with E-state index in [1.54, 1.807) is 5.20 Å². The summed E-state index contributed by atoms with van der Waals surface area (Å²) in [4.78, 5) is 0. The summed E-state index contributed by atoms with van der Waals surface area (Å²) in [7, 11) is -1.99. The average Bonchev–Trinajstić information content (AvgIpc) is 2.83. The fourth-order valence-electron chi connectivity index (χ4n) is 4.69. The molecule has 3 aromatic rings. The predicted molar refractivity (Wildman–Crippen MR) is 146 cm³/mol. The van der Waals surface area contributed by atoms with Crippen LogP contribution in [0.25, 0.3) is 10.8 Å². The van der Waals surface area contributed by atoms with Gasteiger partial charge in [0.05, 0.1) is 0 Å². The number of benzene rings is 3. The molecule has 0 nitrogen and oxygen atoms in total. The number of allylic oxidation sites excluding steroid dienone is 3. The van der Waals surface area contributed by atoms with Gasteiger partial charge in [0.15, 0.2) is 0 Å². The zero-order valence-corrected chi connectivity index (χ0v) is 21.2. The zero-order valence-electron chi connectivity index (χ0n) is 20.2. The Kier molecular flexibility index (Phi) is 8.87. The van der Waals surface area contributed by atoms with E-state index in [0.29, 0.717) is 5.92 Å². The van der Waals surface area contributed by atoms with Crippen LogP contribution in [0, 0.1) is 5.92 Å². The van der Waals surface area contributed by atoms with Crippen molar-refractivity contribution in [3.63, 3.8) is 0 Å². The van der Waals surface area contributed by atoms with E-state index in [2.05, 4.69) is 130 Å². The van der Waals surface area contributed by atoms with Crippen molar-refractivity contribution >= 4 is 24.0 Å². The lowest BCUT2D eigenvalue weighted by Gasteiger charge is -2.33. The van der Waals surface area contributed by atoms with Crippen LogP contribution in [-0.4, -0.2) is 8.07 Å². The van der Waals surface area contributed by atoms with Gasteiger partial charge in [-0.15, -0.1) is 0 Å². The number of hydrogen-bond acceptors (Lipinski definition) is 0. The van der Waals surface area contributed by atoms with Crippen LogP contribution >= 0.6 is 0 Å². The van der Waals surface area contributed by atoms with Crippen molar-refractivity contribution in [3.05, 3.63) is 114 Å². The summed E-state index contributed by atoms with van der Waals surface area (Å²) >= 11 is 0. The Bertz CT molecular complexity index is 998. The molecule has 1 atom stereocenters. The van der Waals surface area contributed by atoms with Crippen molar-refractivity contribution < 1.29 is 0 Å². The second-order valence-corrected chi connectivity index (χ2v) is 13.5. The molecule has 0 N–H and O–H groups in total. The first-order valence-electron chi connectivity index (χ1n) is 12.2. The molecule has 0 amide bonds. The maximum absolute atomic E-state index is 2.52. The van der Waals surface area contributed by atoms with Crippen molar-refractivity contribution in [1.29, 1.82) is 0 Å². The Morgan fingerprint density at radius 2 is 1.25 bits per heavy atom. The van der Waals surface area contributed by atoms with Gasteiger partial charge in [-0.3, -0.25) is 0 Å². The van der Waals surface area contributed by atoms with Gasteiger partial charge in [-0.2, -0.15) is 0 Å². The molecule has 0 heterocycles. The van der Waals surface area contributed by atoms with Crippen LogP contribution in [-0.2, 0) is 0 Å². The van der Waals surface area contributed by atoms with Crippen LogP contribution < -0.4 is 5.19 Å². The van der Waals surface area contributed by atoms with Crippen molar-refractivity contribution in [2.45, 2.75) is 52.6 Å². The molecule has 0 spiro atoms. The van der Waals surface area contributed by atoms with Gasteiger partial charge in [0.25, 0.3) is 0 Å². The molecule has 0 aliphatic heterocycles. The lowest BCUT2D eigenvalue weighted by molar-refractivity contribution is 0.703. The number of hydrogen-bond donors (Lipinski definition) is 0. The molecular formula is C31H38Si. The third-order valence-corrected chi connectivity index (χ3v) is 9.92. The third-order valence-electron chi connectivity index (χ3n) is 6.33. The van der Waals surface area contributed by atoms with Gasteiger partial charge in [-0.1, -0.05) is 148 Å². The summed E-state index contributed by atoms with van der Waals surface area (Å²) in [5.41, 5.74) is 4.26. The maximum Gasteiger partial charge on any atom is 0.113 e. The van der Waals surface area contributed by atoms with E-state index in [0.717, 1.165) is 6.42 Å². The van der Waals surface area contributed by atoms with Crippen molar-refractivity contribution in [3.8, 4) is 0 Å². The van der Waals surface area contributed by atoms with Gasteiger partial charge in [-0.25, -0.2) is 0 Å². The van der Waals surface area contributed by atoms with E-state index in [-0.39, 0.29) is 0 Å². The molecule has 0 saturated heterocycles. The van der Waals surface area contributed by atoms with Gasteiger partial charge in [-0.05, 0) is 34.7 Å². The van der Waals surface area contributed by atoms with E-state index >= 15 is 0 Å². The van der Waals surface area contributed by atoms with E-state index in [9.17, 15) is 0 Å². The second kappa shape index (κ2) is 11.8. The topological polar surface area (TPSA) is 0 Å². The predicted octanol–water partition coefficient (Wildman–Crippen LogP) is 8.52. The molecule has 166 valence electrons. The molecule has 0 aliphatic carbocycles. The summed E-state index contributed by atoms with van der Waals surface area (Å²) in [6, 6.07) is 33.4. The van der Waals surface area contributed by atoms with Crippen molar-refractivity contribution in [1.82, 2.24) is 0 Å². The Morgan fingerprint density at radius 1 is 0.719 bits per heavy atom. The van der Waals surface area contributed by atoms with E-state index in [4.69, 9.17) is 0 Å². The van der Waals surface area contributed by atoms with E-state index in [1.165, 1.54) is 41.1 Å². The largest absolute Gasteiger partial charge is 0.113 e. The first-order valence-corrected chi connectivity index (χ1v) is 15.2. The molecule has 0 saturated carbocycles. The lowest BCUT2D eigenvalue weighted by Crippen LogP contribution is -2.43. The van der Waals surface area contributed by atoms with Crippen LogP contribution in [0.15, 0.2) is 103 Å². The van der Waals surface area contributed by atoms with Crippen LogP contribution in [0.5, 0.6) is 0 Å². The third kappa shape index (κ3) is 5.78. The monoisotopic (exact) mass is 438 g/mol. The average molecular weight is 439 g/mol. The normalized spacial score (nSPS) is 13.8. The fourth-order valence-corrected chi connectivity index (χ4v) is 7.90. The molecule has 1 unspecified atom stereocenters. The van der Waals surface area contributed by atoms with Crippen LogP contribution in [0.2, 0.25) is 13.1 Å². The smallest absolute Gasteiger partial charge is 0.0879 e. The number of rotatable bonds is 10. The number of unbranched alkanes of at least 4 members (excludes halogenated alkanes) is 1. The van der Waals surface area contributed by atoms with Gasteiger partial charge < -0.3 is 0 Å². The van der Waals surface area contributed by atoms with Crippen LogP contribution in [0.1, 0.15) is 50.7 Å². The molecule has 0 radical (unpaired) electrons. The summed E-state index contributed by atoms with van der Waals surface area (Å²) in [5, 5.41) is 3.05. The highest BCUT2D eigenvalue weighted by atomic mass is 28.3. The Labute approximate surface area is 196 Å². The van der Waals surface area contributed by atoms with Crippen molar-refractivity contribution in [2.75, 3.05) is 0 Å². The molecule has 3 aromatic carbocycles. The molecule has 0 aliphatic rings. The maximum atomic E-state index is 2.52. The molecule has 32 heavy (non-hydrogen) atoms. The molecular weight excluding hydrogens is 400 g/mol.